The molecule has 2 heterocycles. The van der Waals surface area contributed by atoms with E-state index >= 15 is 0 Å². The van der Waals surface area contributed by atoms with Gasteiger partial charge in [-0.25, -0.2) is 8.78 Å². The van der Waals surface area contributed by atoms with Gasteiger partial charge >= 0.3 is 0 Å². The molecular formula is C21H29F2N3O3. The third kappa shape index (κ3) is 3.85. The van der Waals surface area contributed by atoms with Crippen LogP contribution in [0, 0.1) is 23.5 Å². The molecule has 8 heteroatoms. The molecule has 1 aromatic carbocycles. The van der Waals surface area contributed by atoms with Crippen LogP contribution in [0.5, 0.6) is 5.75 Å². The second-order valence-electron chi connectivity index (χ2n) is 8.61. The lowest BCUT2D eigenvalue weighted by atomic mass is 9.77. The minimum Gasteiger partial charge on any atom is -0.496 e. The third-order valence-corrected chi connectivity index (χ3v) is 6.89. The van der Waals surface area contributed by atoms with Gasteiger partial charge in [0.2, 0.25) is 0 Å². The highest BCUT2D eigenvalue weighted by molar-refractivity contribution is 5.97. The molecule has 6 nitrogen and oxygen atoms in total. The van der Waals surface area contributed by atoms with E-state index in [4.69, 9.17) is 4.74 Å². The molecule has 1 aromatic rings. The Labute approximate surface area is 170 Å². The SMILES string of the molecule is COc1ccc(F)c(F)c1C(=O)N1C[C@H]2C[C@@H](N3CCN(C)CC3)[C@H](O)C[C@H]2C1. The van der Waals surface area contributed by atoms with Crippen LogP contribution in [0.2, 0.25) is 0 Å². The van der Waals surface area contributed by atoms with Gasteiger partial charge in [-0.15, -0.1) is 0 Å². The second-order valence-corrected chi connectivity index (χ2v) is 8.61. The monoisotopic (exact) mass is 409 g/mol. The van der Waals surface area contributed by atoms with Crippen molar-refractivity contribution in [3.63, 3.8) is 0 Å². The number of aliphatic hydroxyl groups is 1. The number of ether oxygens (including phenoxy) is 1. The number of benzene rings is 1. The van der Waals surface area contributed by atoms with Crippen LogP contribution < -0.4 is 4.74 Å². The van der Waals surface area contributed by atoms with Crippen LogP contribution in [0.3, 0.4) is 0 Å². The van der Waals surface area contributed by atoms with E-state index in [1.54, 1.807) is 4.90 Å². The zero-order valence-corrected chi connectivity index (χ0v) is 17.0. The van der Waals surface area contributed by atoms with Gasteiger partial charge in [-0.2, -0.15) is 0 Å². The summed E-state index contributed by atoms with van der Waals surface area (Å²) in [5.74, 6) is -2.29. The number of amides is 1. The van der Waals surface area contributed by atoms with E-state index in [9.17, 15) is 18.7 Å². The maximum absolute atomic E-state index is 14.4. The number of carbonyl (C=O) groups excluding carboxylic acids is 1. The van der Waals surface area contributed by atoms with Crippen molar-refractivity contribution in [2.75, 3.05) is 53.4 Å². The van der Waals surface area contributed by atoms with Gasteiger partial charge < -0.3 is 19.6 Å². The summed E-state index contributed by atoms with van der Waals surface area (Å²) in [4.78, 5) is 19.2. The fraction of sp³-hybridized carbons (Fsp3) is 0.667. The molecule has 0 radical (unpaired) electrons. The van der Waals surface area contributed by atoms with Gasteiger partial charge in [0.1, 0.15) is 11.3 Å². The molecular weight excluding hydrogens is 380 g/mol. The van der Waals surface area contributed by atoms with Crippen LogP contribution in [-0.4, -0.2) is 91.3 Å². The Morgan fingerprint density at radius 3 is 2.41 bits per heavy atom. The van der Waals surface area contributed by atoms with E-state index in [0.29, 0.717) is 19.5 Å². The normalized spacial score (nSPS) is 31.0. The van der Waals surface area contributed by atoms with Gasteiger partial charge in [-0.1, -0.05) is 0 Å². The quantitative estimate of drug-likeness (QED) is 0.819. The number of hydrogen-bond donors (Lipinski definition) is 1. The first-order valence-electron chi connectivity index (χ1n) is 10.3. The number of nitrogens with zero attached hydrogens (tertiary/aromatic N) is 3. The van der Waals surface area contributed by atoms with Crippen molar-refractivity contribution in [3.8, 4) is 5.75 Å². The molecule has 0 bridgehead atoms. The zero-order chi connectivity index (χ0) is 20.7. The lowest BCUT2D eigenvalue weighted by Gasteiger charge is -2.44. The highest BCUT2D eigenvalue weighted by atomic mass is 19.2. The number of methoxy groups -OCH3 is 1. The van der Waals surface area contributed by atoms with E-state index in [1.807, 2.05) is 0 Å². The number of piperazine rings is 1. The van der Waals surface area contributed by atoms with Gasteiger partial charge in [0, 0.05) is 45.3 Å². The van der Waals surface area contributed by atoms with Crippen LogP contribution in [0.25, 0.3) is 0 Å². The molecule has 0 aromatic heterocycles. The number of likely N-dealkylation sites (N-methyl/N-ethyl adjacent to an activating group) is 1. The van der Waals surface area contributed by atoms with Crippen molar-refractivity contribution < 1.29 is 23.4 Å². The van der Waals surface area contributed by atoms with Crippen molar-refractivity contribution in [3.05, 3.63) is 29.3 Å². The Balaban J connectivity index is 1.48. The Morgan fingerprint density at radius 2 is 1.76 bits per heavy atom. The molecule has 3 fully saturated rings. The third-order valence-electron chi connectivity index (χ3n) is 6.89. The molecule has 2 aliphatic heterocycles. The molecule has 160 valence electrons. The van der Waals surface area contributed by atoms with Crippen molar-refractivity contribution >= 4 is 5.91 Å². The van der Waals surface area contributed by atoms with Crippen LogP contribution in [0.15, 0.2) is 12.1 Å². The molecule has 3 aliphatic rings. The molecule has 2 saturated heterocycles. The molecule has 0 unspecified atom stereocenters. The Kier molecular flexibility index (Phi) is 5.77. The smallest absolute Gasteiger partial charge is 0.260 e. The number of rotatable bonds is 3. The summed E-state index contributed by atoms with van der Waals surface area (Å²) < 4.78 is 33.2. The maximum atomic E-state index is 14.4. The standard InChI is InChI=1S/C21H29F2N3O3/c1-24-5-7-25(8-6-24)16-9-13-11-26(12-14(13)10-17(16)27)21(28)19-18(29-2)4-3-15(22)20(19)23/h3-4,13-14,16-17,27H,5-12H2,1-2H3/t13-,14+,16-,17-/m1/s1. The number of aliphatic hydroxyl groups excluding tert-OH is 1. The summed E-state index contributed by atoms with van der Waals surface area (Å²) in [7, 11) is 3.44. The Morgan fingerprint density at radius 1 is 1.10 bits per heavy atom. The molecule has 1 amide bonds. The lowest BCUT2D eigenvalue weighted by Crippen LogP contribution is -2.55. The number of fused-ring (bicyclic) bond motifs is 1. The first kappa shape index (κ1) is 20.5. The van der Waals surface area contributed by atoms with Crippen molar-refractivity contribution in [1.29, 1.82) is 0 Å². The maximum Gasteiger partial charge on any atom is 0.260 e. The summed E-state index contributed by atoms with van der Waals surface area (Å²) in [6, 6.07) is 2.34. The van der Waals surface area contributed by atoms with E-state index in [2.05, 4.69) is 16.8 Å². The summed E-state index contributed by atoms with van der Waals surface area (Å²) in [6.07, 6.45) is 1.03. The van der Waals surface area contributed by atoms with Crippen LogP contribution in [-0.2, 0) is 0 Å². The lowest BCUT2D eigenvalue weighted by molar-refractivity contribution is -0.0249. The van der Waals surface area contributed by atoms with Gasteiger partial charge in [-0.3, -0.25) is 9.69 Å². The molecule has 0 spiro atoms. The average molecular weight is 409 g/mol. The highest BCUT2D eigenvalue weighted by Crippen LogP contribution is 2.39. The average Bonchev–Trinajstić information content (AvgIpc) is 3.12. The molecule has 1 aliphatic carbocycles. The Bertz CT molecular complexity index is 770. The number of likely N-dealkylation sites (tertiary alicyclic amines) is 1. The topological polar surface area (TPSA) is 56.2 Å². The molecule has 1 saturated carbocycles. The van der Waals surface area contributed by atoms with Crippen molar-refractivity contribution in [2.45, 2.75) is 25.0 Å². The van der Waals surface area contributed by atoms with Gasteiger partial charge in [-0.05, 0) is 43.9 Å². The van der Waals surface area contributed by atoms with Gasteiger partial charge in [0.25, 0.3) is 5.91 Å². The minimum atomic E-state index is -1.17. The van der Waals surface area contributed by atoms with E-state index in [1.165, 1.54) is 13.2 Å². The fourth-order valence-corrected chi connectivity index (χ4v) is 5.18. The summed E-state index contributed by atoms with van der Waals surface area (Å²) in [5, 5.41) is 10.8. The molecule has 4 atom stereocenters. The van der Waals surface area contributed by atoms with Crippen LogP contribution >= 0.6 is 0 Å². The summed E-state index contributed by atoms with van der Waals surface area (Å²) in [6.45, 7) is 4.80. The van der Waals surface area contributed by atoms with Crippen LogP contribution in [0.4, 0.5) is 8.78 Å². The number of hydrogen-bond acceptors (Lipinski definition) is 5. The highest BCUT2D eigenvalue weighted by Gasteiger charge is 2.45. The first-order chi connectivity index (χ1) is 13.9. The van der Waals surface area contributed by atoms with E-state index in [0.717, 1.165) is 38.7 Å². The predicted molar refractivity (Wildman–Crippen MR) is 104 cm³/mol. The first-order valence-corrected chi connectivity index (χ1v) is 10.3. The predicted octanol–water partition coefficient (Wildman–Crippen LogP) is 1.43. The zero-order valence-electron chi connectivity index (χ0n) is 17.0. The number of carbonyl (C=O) groups is 1. The molecule has 1 N–H and O–H groups in total. The van der Waals surface area contributed by atoms with Crippen molar-refractivity contribution in [1.82, 2.24) is 14.7 Å². The van der Waals surface area contributed by atoms with Crippen LogP contribution in [0.1, 0.15) is 23.2 Å². The minimum absolute atomic E-state index is 0.0409. The molecule has 29 heavy (non-hydrogen) atoms. The van der Waals surface area contributed by atoms with Gasteiger partial charge in [0.15, 0.2) is 11.6 Å². The largest absolute Gasteiger partial charge is 0.496 e. The summed E-state index contributed by atoms with van der Waals surface area (Å²) in [5.41, 5.74) is -0.345. The van der Waals surface area contributed by atoms with Gasteiger partial charge in [0.05, 0.1) is 13.2 Å². The van der Waals surface area contributed by atoms with E-state index in [-0.39, 0.29) is 29.2 Å². The van der Waals surface area contributed by atoms with E-state index < -0.39 is 23.6 Å². The summed E-state index contributed by atoms with van der Waals surface area (Å²) >= 11 is 0. The molecule has 4 rings (SSSR count). The fourth-order valence-electron chi connectivity index (χ4n) is 5.18. The Hall–Kier alpha value is -1.77. The van der Waals surface area contributed by atoms with Crippen molar-refractivity contribution in [2.24, 2.45) is 11.8 Å². The second kappa shape index (κ2) is 8.16. The number of halogens is 2.